The van der Waals surface area contributed by atoms with Crippen LogP contribution in [0.15, 0.2) is 45.3 Å². The lowest BCUT2D eigenvalue weighted by atomic mass is 10.1. The summed E-state index contributed by atoms with van der Waals surface area (Å²) in [4.78, 5) is 0. The molecule has 0 aliphatic rings. The van der Waals surface area contributed by atoms with Crippen molar-refractivity contribution in [2.24, 2.45) is 0 Å². The zero-order chi connectivity index (χ0) is 14.0. The first-order valence-electron chi connectivity index (χ1n) is 5.95. The second kappa shape index (κ2) is 6.06. The van der Waals surface area contributed by atoms with Gasteiger partial charge in [-0.25, -0.2) is 4.39 Å². The van der Waals surface area contributed by atoms with Crippen LogP contribution >= 0.6 is 31.9 Å². The van der Waals surface area contributed by atoms with E-state index in [1.54, 1.807) is 12.1 Å². The average molecular weight is 387 g/mol. The van der Waals surface area contributed by atoms with E-state index in [2.05, 4.69) is 63.2 Å². The van der Waals surface area contributed by atoms with Crippen molar-refractivity contribution in [3.63, 3.8) is 0 Å². The fraction of sp³-hybridized carbons (Fsp3) is 0.200. The molecule has 0 saturated carbocycles. The van der Waals surface area contributed by atoms with Crippen LogP contribution in [0.1, 0.15) is 24.1 Å². The predicted octanol–water partition coefficient (Wildman–Crippen LogP) is 5.83. The van der Waals surface area contributed by atoms with E-state index < -0.39 is 0 Å². The van der Waals surface area contributed by atoms with Crippen LogP contribution in [0.25, 0.3) is 0 Å². The molecule has 1 nitrogen and oxygen atoms in total. The Morgan fingerprint density at radius 2 is 1.79 bits per heavy atom. The summed E-state index contributed by atoms with van der Waals surface area (Å²) in [5.74, 6) is -0.243. The lowest BCUT2D eigenvalue weighted by Gasteiger charge is -2.18. The van der Waals surface area contributed by atoms with Gasteiger partial charge in [-0.05, 0) is 81.1 Å². The van der Waals surface area contributed by atoms with Crippen LogP contribution in [0.2, 0.25) is 0 Å². The summed E-state index contributed by atoms with van der Waals surface area (Å²) < 4.78 is 14.7. The first-order valence-corrected chi connectivity index (χ1v) is 7.53. The molecule has 0 bridgehead atoms. The van der Waals surface area contributed by atoms with Crippen molar-refractivity contribution in [1.82, 2.24) is 0 Å². The van der Waals surface area contributed by atoms with Crippen molar-refractivity contribution in [3.8, 4) is 0 Å². The second-order valence-corrected chi connectivity index (χ2v) is 6.23. The largest absolute Gasteiger partial charge is 0.378 e. The minimum absolute atomic E-state index is 0.0926. The molecule has 0 spiro atoms. The van der Waals surface area contributed by atoms with Crippen LogP contribution in [-0.2, 0) is 0 Å². The summed E-state index contributed by atoms with van der Waals surface area (Å²) in [5, 5.41) is 3.42. The number of hydrogen-bond donors (Lipinski definition) is 1. The Bertz CT molecular complexity index is 599. The van der Waals surface area contributed by atoms with Crippen LogP contribution in [0.4, 0.5) is 10.1 Å². The van der Waals surface area contributed by atoms with Gasteiger partial charge in [0.1, 0.15) is 5.82 Å². The fourth-order valence-electron chi connectivity index (χ4n) is 1.85. The van der Waals surface area contributed by atoms with E-state index in [0.717, 1.165) is 15.7 Å². The molecule has 2 aromatic rings. The second-order valence-electron chi connectivity index (χ2n) is 4.52. The highest BCUT2D eigenvalue weighted by Crippen LogP contribution is 2.29. The summed E-state index contributed by atoms with van der Waals surface area (Å²) in [6.07, 6.45) is 0. The Morgan fingerprint density at radius 1 is 1.05 bits per heavy atom. The first-order chi connectivity index (χ1) is 8.97. The van der Waals surface area contributed by atoms with E-state index in [0.29, 0.717) is 4.47 Å². The Kier molecular flexibility index (Phi) is 4.63. The van der Waals surface area contributed by atoms with Crippen molar-refractivity contribution in [2.45, 2.75) is 19.9 Å². The third-order valence-corrected chi connectivity index (χ3v) is 4.24. The number of nitrogens with one attached hydrogen (secondary N) is 1. The van der Waals surface area contributed by atoms with E-state index >= 15 is 0 Å². The van der Waals surface area contributed by atoms with Crippen LogP contribution in [0, 0.1) is 12.7 Å². The Hall–Kier alpha value is -0.870. The number of anilines is 1. The normalized spacial score (nSPS) is 12.3. The SMILES string of the molecule is Cc1ccc(Br)c(NC(C)c2ccc(F)c(Br)c2)c1. The molecule has 0 radical (unpaired) electrons. The Morgan fingerprint density at radius 3 is 2.47 bits per heavy atom. The van der Waals surface area contributed by atoms with Crippen molar-refractivity contribution in [3.05, 3.63) is 62.3 Å². The van der Waals surface area contributed by atoms with E-state index in [9.17, 15) is 4.39 Å². The van der Waals surface area contributed by atoms with Crippen LogP contribution < -0.4 is 5.32 Å². The maximum Gasteiger partial charge on any atom is 0.137 e. The van der Waals surface area contributed by atoms with E-state index in [1.165, 1.54) is 11.6 Å². The van der Waals surface area contributed by atoms with Gasteiger partial charge in [-0.15, -0.1) is 0 Å². The van der Waals surface area contributed by atoms with Crippen molar-refractivity contribution in [2.75, 3.05) is 5.32 Å². The van der Waals surface area contributed by atoms with Crippen LogP contribution in [0.3, 0.4) is 0 Å². The molecule has 0 aliphatic carbocycles. The molecule has 1 atom stereocenters. The van der Waals surface area contributed by atoms with Gasteiger partial charge in [0.15, 0.2) is 0 Å². The van der Waals surface area contributed by atoms with Crippen molar-refractivity contribution < 1.29 is 4.39 Å². The van der Waals surface area contributed by atoms with Gasteiger partial charge in [0.25, 0.3) is 0 Å². The molecule has 2 rings (SSSR count). The maximum absolute atomic E-state index is 13.2. The van der Waals surface area contributed by atoms with Gasteiger partial charge in [0, 0.05) is 16.2 Å². The van der Waals surface area contributed by atoms with Gasteiger partial charge in [-0.2, -0.15) is 0 Å². The molecule has 2 aromatic carbocycles. The molecule has 0 heterocycles. The smallest absolute Gasteiger partial charge is 0.137 e. The summed E-state index contributed by atoms with van der Waals surface area (Å²) in [6.45, 7) is 4.10. The topological polar surface area (TPSA) is 12.0 Å². The van der Waals surface area contributed by atoms with Gasteiger partial charge in [0.05, 0.1) is 4.47 Å². The molecule has 4 heteroatoms. The summed E-state index contributed by atoms with van der Waals surface area (Å²) >= 11 is 6.74. The predicted molar refractivity (Wildman–Crippen MR) is 85.0 cm³/mol. The minimum atomic E-state index is -0.243. The number of aryl methyl sites for hydroxylation is 1. The zero-order valence-corrected chi connectivity index (χ0v) is 13.8. The molecule has 1 N–H and O–H groups in total. The third-order valence-electron chi connectivity index (χ3n) is 2.94. The van der Waals surface area contributed by atoms with Gasteiger partial charge >= 0.3 is 0 Å². The highest BCUT2D eigenvalue weighted by molar-refractivity contribution is 9.10. The highest BCUT2D eigenvalue weighted by atomic mass is 79.9. The van der Waals surface area contributed by atoms with E-state index in [-0.39, 0.29) is 11.9 Å². The lowest BCUT2D eigenvalue weighted by Crippen LogP contribution is -2.07. The standard InChI is InChI=1S/C15H14Br2FN/c1-9-3-5-12(16)15(7-9)19-10(2)11-4-6-14(18)13(17)8-11/h3-8,10,19H,1-2H3. The molecular weight excluding hydrogens is 373 g/mol. The minimum Gasteiger partial charge on any atom is -0.378 e. The summed E-state index contributed by atoms with van der Waals surface area (Å²) in [6, 6.07) is 11.3. The highest BCUT2D eigenvalue weighted by Gasteiger charge is 2.09. The van der Waals surface area contributed by atoms with Crippen molar-refractivity contribution >= 4 is 37.5 Å². The molecule has 0 amide bonds. The van der Waals surface area contributed by atoms with E-state index in [1.807, 2.05) is 6.07 Å². The number of rotatable bonds is 3. The Labute approximate surface area is 129 Å². The summed E-state index contributed by atoms with van der Waals surface area (Å²) in [7, 11) is 0. The maximum atomic E-state index is 13.2. The molecule has 1 unspecified atom stereocenters. The number of hydrogen-bond acceptors (Lipinski definition) is 1. The molecular formula is C15H14Br2FN. The monoisotopic (exact) mass is 385 g/mol. The lowest BCUT2D eigenvalue weighted by molar-refractivity contribution is 0.619. The van der Waals surface area contributed by atoms with Gasteiger partial charge in [-0.3, -0.25) is 0 Å². The molecule has 100 valence electrons. The van der Waals surface area contributed by atoms with Crippen LogP contribution in [0.5, 0.6) is 0 Å². The van der Waals surface area contributed by atoms with Crippen molar-refractivity contribution in [1.29, 1.82) is 0 Å². The van der Waals surface area contributed by atoms with Gasteiger partial charge < -0.3 is 5.32 Å². The first kappa shape index (κ1) is 14.5. The zero-order valence-electron chi connectivity index (χ0n) is 10.7. The summed E-state index contributed by atoms with van der Waals surface area (Å²) in [5.41, 5.74) is 3.26. The quantitative estimate of drug-likeness (QED) is 0.699. The third kappa shape index (κ3) is 3.57. The Balaban J connectivity index is 2.22. The van der Waals surface area contributed by atoms with E-state index in [4.69, 9.17) is 0 Å². The van der Waals surface area contributed by atoms with Gasteiger partial charge in [0.2, 0.25) is 0 Å². The molecule has 0 aromatic heterocycles. The molecule has 0 fully saturated rings. The number of benzene rings is 2. The molecule has 19 heavy (non-hydrogen) atoms. The fourth-order valence-corrected chi connectivity index (χ4v) is 2.61. The molecule has 0 saturated heterocycles. The van der Waals surface area contributed by atoms with Gasteiger partial charge in [-0.1, -0.05) is 12.1 Å². The average Bonchev–Trinajstić information content (AvgIpc) is 2.37. The number of halogens is 3. The molecule has 0 aliphatic heterocycles. The van der Waals surface area contributed by atoms with Crippen LogP contribution in [-0.4, -0.2) is 0 Å².